The highest BCUT2D eigenvalue weighted by atomic mass is 16.5. The average molecular weight is 324 g/mol. The summed E-state index contributed by atoms with van der Waals surface area (Å²) in [5.74, 6) is 1.08. The Morgan fingerprint density at radius 3 is 2.58 bits per heavy atom. The van der Waals surface area contributed by atoms with Gasteiger partial charge < -0.3 is 14.4 Å². The van der Waals surface area contributed by atoms with Gasteiger partial charge in [0, 0.05) is 19.7 Å². The van der Waals surface area contributed by atoms with E-state index in [2.05, 4.69) is 6.07 Å². The van der Waals surface area contributed by atoms with E-state index in [-0.39, 0.29) is 12.5 Å². The summed E-state index contributed by atoms with van der Waals surface area (Å²) in [6.07, 6.45) is 0. The van der Waals surface area contributed by atoms with Crippen LogP contribution in [0.5, 0.6) is 11.5 Å². The summed E-state index contributed by atoms with van der Waals surface area (Å²) >= 11 is 0. The lowest BCUT2D eigenvalue weighted by atomic mass is 10.0. The number of rotatable bonds is 6. The number of nitrogens with zero attached hydrogens (tertiary/aromatic N) is 2. The average Bonchev–Trinajstić information content (AvgIpc) is 2.65. The molecule has 24 heavy (non-hydrogen) atoms. The molecule has 0 aliphatic rings. The van der Waals surface area contributed by atoms with E-state index in [9.17, 15) is 4.79 Å². The Labute approximate surface area is 142 Å². The van der Waals surface area contributed by atoms with Crippen LogP contribution in [0.25, 0.3) is 11.1 Å². The molecule has 0 aliphatic heterocycles. The van der Waals surface area contributed by atoms with Crippen LogP contribution in [0.2, 0.25) is 0 Å². The number of benzene rings is 2. The molecule has 0 heterocycles. The van der Waals surface area contributed by atoms with E-state index in [1.54, 1.807) is 37.3 Å². The van der Waals surface area contributed by atoms with Crippen molar-refractivity contribution in [2.24, 2.45) is 0 Å². The van der Waals surface area contributed by atoms with Crippen LogP contribution >= 0.6 is 0 Å². The Kier molecular flexibility index (Phi) is 5.80. The minimum atomic E-state index is -0.0895. The zero-order chi connectivity index (χ0) is 17.5. The summed E-state index contributed by atoms with van der Waals surface area (Å²) in [7, 11) is 3.31. The summed E-state index contributed by atoms with van der Waals surface area (Å²) in [5.41, 5.74) is 2.32. The number of carbonyl (C=O) groups excluding carboxylic acids is 1. The Balaban J connectivity index is 2.27. The first-order valence-electron chi connectivity index (χ1n) is 7.63. The van der Waals surface area contributed by atoms with Crippen LogP contribution in [0, 0.1) is 11.3 Å². The van der Waals surface area contributed by atoms with Crippen molar-refractivity contribution in [3.05, 3.63) is 48.0 Å². The van der Waals surface area contributed by atoms with Crippen molar-refractivity contribution in [1.82, 2.24) is 4.90 Å². The number of ether oxygens (including phenoxy) is 2. The second-order valence-corrected chi connectivity index (χ2v) is 5.29. The number of methoxy groups -OCH3 is 1. The molecule has 0 aliphatic carbocycles. The van der Waals surface area contributed by atoms with Gasteiger partial charge in [0.05, 0.1) is 18.7 Å². The van der Waals surface area contributed by atoms with Gasteiger partial charge in [-0.3, -0.25) is 4.79 Å². The lowest BCUT2D eigenvalue weighted by molar-refractivity contribution is -0.131. The van der Waals surface area contributed by atoms with Crippen LogP contribution in [0.3, 0.4) is 0 Å². The summed E-state index contributed by atoms with van der Waals surface area (Å²) in [4.78, 5) is 13.5. The molecule has 0 fully saturated rings. The van der Waals surface area contributed by atoms with Crippen LogP contribution < -0.4 is 9.47 Å². The molecule has 0 radical (unpaired) electrons. The highest BCUT2D eigenvalue weighted by Crippen LogP contribution is 2.30. The molecule has 5 heteroatoms. The number of hydrogen-bond acceptors (Lipinski definition) is 4. The predicted molar refractivity (Wildman–Crippen MR) is 92.0 cm³/mol. The van der Waals surface area contributed by atoms with Crippen molar-refractivity contribution in [2.75, 3.05) is 27.3 Å². The van der Waals surface area contributed by atoms with Gasteiger partial charge >= 0.3 is 0 Å². The third-order valence-corrected chi connectivity index (χ3v) is 3.70. The monoisotopic (exact) mass is 324 g/mol. The van der Waals surface area contributed by atoms with Crippen LogP contribution in [-0.4, -0.2) is 38.1 Å². The minimum absolute atomic E-state index is 0.0326. The normalized spacial score (nSPS) is 9.92. The molecule has 2 aromatic rings. The van der Waals surface area contributed by atoms with E-state index in [1.807, 2.05) is 31.2 Å². The van der Waals surface area contributed by atoms with Gasteiger partial charge in [-0.2, -0.15) is 5.26 Å². The molecule has 0 spiro atoms. The van der Waals surface area contributed by atoms with Crippen molar-refractivity contribution in [2.45, 2.75) is 6.92 Å². The van der Waals surface area contributed by atoms with Gasteiger partial charge in [0.15, 0.2) is 6.61 Å². The molecule has 0 saturated heterocycles. The van der Waals surface area contributed by atoms with Gasteiger partial charge in [-0.15, -0.1) is 0 Å². The van der Waals surface area contributed by atoms with Gasteiger partial charge in [-0.1, -0.05) is 12.1 Å². The third-order valence-electron chi connectivity index (χ3n) is 3.70. The summed E-state index contributed by atoms with van der Waals surface area (Å²) in [6, 6.07) is 14.8. The van der Waals surface area contributed by atoms with Crippen molar-refractivity contribution in [3.8, 4) is 28.7 Å². The maximum Gasteiger partial charge on any atom is 0.260 e. The largest absolute Gasteiger partial charge is 0.497 e. The van der Waals surface area contributed by atoms with Gasteiger partial charge in [0.25, 0.3) is 5.91 Å². The molecule has 124 valence electrons. The molecule has 2 rings (SSSR count). The Morgan fingerprint density at radius 2 is 1.92 bits per heavy atom. The van der Waals surface area contributed by atoms with Crippen molar-refractivity contribution in [1.29, 1.82) is 5.26 Å². The van der Waals surface area contributed by atoms with E-state index in [4.69, 9.17) is 14.7 Å². The highest BCUT2D eigenvalue weighted by molar-refractivity contribution is 5.77. The van der Waals surface area contributed by atoms with Crippen LogP contribution in [0.4, 0.5) is 0 Å². The zero-order valence-electron chi connectivity index (χ0n) is 14.1. The second kappa shape index (κ2) is 8.02. The maximum atomic E-state index is 11.9. The molecule has 0 saturated carbocycles. The molecule has 5 nitrogen and oxygen atoms in total. The summed E-state index contributed by atoms with van der Waals surface area (Å²) in [6.45, 7) is 2.51. The Hall–Kier alpha value is -3.00. The summed E-state index contributed by atoms with van der Waals surface area (Å²) < 4.78 is 10.9. The topological polar surface area (TPSA) is 62.6 Å². The SMILES string of the molecule is CCN(C)C(=O)COc1cc(OC)cc(-c2cccc(C#N)c2)c1. The Morgan fingerprint density at radius 1 is 1.17 bits per heavy atom. The lowest BCUT2D eigenvalue weighted by Crippen LogP contribution is -2.31. The molecule has 0 unspecified atom stereocenters. The van der Waals surface area contributed by atoms with E-state index >= 15 is 0 Å². The Bertz CT molecular complexity index is 765. The van der Waals surface area contributed by atoms with Crippen LogP contribution in [-0.2, 0) is 4.79 Å². The molecule has 1 amide bonds. The van der Waals surface area contributed by atoms with Crippen molar-refractivity contribution < 1.29 is 14.3 Å². The molecule has 2 aromatic carbocycles. The van der Waals surface area contributed by atoms with Gasteiger partial charge in [-0.25, -0.2) is 0 Å². The van der Waals surface area contributed by atoms with Crippen LogP contribution in [0.1, 0.15) is 12.5 Å². The van der Waals surface area contributed by atoms with Crippen LogP contribution in [0.15, 0.2) is 42.5 Å². The van der Waals surface area contributed by atoms with E-state index in [1.165, 1.54) is 0 Å². The minimum Gasteiger partial charge on any atom is -0.497 e. The maximum absolute atomic E-state index is 11.9. The van der Waals surface area contributed by atoms with E-state index in [0.717, 1.165) is 11.1 Å². The number of nitriles is 1. The van der Waals surface area contributed by atoms with Crippen molar-refractivity contribution >= 4 is 5.91 Å². The van der Waals surface area contributed by atoms with E-state index in [0.29, 0.717) is 23.6 Å². The van der Waals surface area contributed by atoms with Gasteiger partial charge in [0.1, 0.15) is 11.5 Å². The first kappa shape index (κ1) is 17.4. The number of amides is 1. The standard InChI is InChI=1S/C19H20N2O3/c1-4-21(2)19(22)13-24-18-10-16(9-17(11-18)23-3)15-7-5-6-14(8-15)12-20/h5-11H,4,13H2,1-3H3. The number of hydrogen-bond donors (Lipinski definition) is 0. The number of likely N-dealkylation sites (N-methyl/N-ethyl adjacent to an activating group) is 1. The zero-order valence-corrected chi connectivity index (χ0v) is 14.1. The number of carbonyl (C=O) groups is 1. The second-order valence-electron chi connectivity index (χ2n) is 5.29. The molecule has 0 atom stereocenters. The third kappa shape index (κ3) is 4.26. The molecular weight excluding hydrogens is 304 g/mol. The molecule has 0 aromatic heterocycles. The smallest absolute Gasteiger partial charge is 0.260 e. The fraction of sp³-hybridized carbons (Fsp3) is 0.263. The van der Waals surface area contributed by atoms with Gasteiger partial charge in [0.2, 0.25) is 0 Å². The molecular formula is C19H20N2O3. The highest BCUT2D eigenvalue weighted by Gasteiger charge is 2.10. The fourth-order valence-electron chi connectivity index (χ4n) is 2.14. The lowest BCUT2D eigenvalue weighted by Gasteiger charge is -2.15. The molecule has 0 bridgehead atoms. The van der Waals surface area contributed by atoms with Crippen molar-refractivity contribution in [3.63, 3.8) is 0 Å². The fourth-order valence-corrected chi connectivity index (χ4v) is 2.14. The quantitative estimate of drug-likeness (QED) is 0.819. The predicted octanol–water partition coefficient (Wildman–Crippen LogP) is 3.09. The summed E-state index contributed by atoms with van der Waals surface area (Å²) in [5, 5.41) is 9.04. The van der Waals surface area contributed by atoms with Gasteiger partial charge in [-0.05, 0) is 42.3 Å². The van der Waals surface area contributed by atoms with E-state index < -0.39 is 0 Å². The molecule has 0 N–H and O–H groups in total. The first-order chi connectivity index (χ1) is 11.6. The first-order valence-corrected chi connectivity index (χ1v) is 7.63.